The van der Waals surface area contributed by atoms with Gasteiger partial charge in [0.2, 0.25) is 0 Å². The molecule has 0 unspecified atom stereocenters. The third-order valence-electron chi connectivity index (χ3n) is 5.61. The van der Waals surface area contributed by atoms with Crippen molar-refractivity contribution in [2.45, 2.75) is 20.8 Å². The Morgan fingerprint density at radius 2 is 1.69 bits per heavy atom. The lowest BCUT2D eigenvalue weighted by atomic mass is 10.0. The molecule has 0 aliphatic carbocycles. The Hall–Kier alpha value is -4.63. The van der Waals surface area contributed by atoms with Crippen molar-refractivity contribution in [3.05, 3.63) is 87.9 Å². The lowest BCUT2D eigenvalue weighted by Crippen LogP contribution is -2.54. The fourth-order valence-corrected chi connectivity index (χ4v) is 4.34. The van der Waals surface area contributed by atoms with Crippen LogP contribution in [0.4, 0.5) is 16.2 Å². The van der Waals surface area contributed by atoms with Crippen LogP contribution in [0.25, 0.3) is 6.08 Å². The molecule has 0 aromatic heterocycles. The van der Waals surface area contributed by atoms with Gasteiger partial charge in [0.1, 0.15) is 5.57 Å². The summed E-state index contributed by atoms with van der Waals surface area (Å²) in [6, 6.07) is 16.4. The van der Waals surface area contributed by atoms with Gasteiger partial charge in [0, 0.05) is 5.69 Å². The number of halogens is 1. The third-order valence-corrected chi connectivity index (χ3v) is 5.89. The minimum absolute atomic E-state index is 0.103. The number of hydrogen-bond donors (Lipinski definition) is 2. The fourth-order valence-electron chi connectivity index (χ4n) is 4.07. The van der Waals surface area contributed by atoms with E-state index in [1.165, 1.54) is 18.2 Å². The number of carbonyl (C=O) groups is 4. The molecule has 1 fully saturated rings. The van der Waals surface area contributed by atoms with Gasteiger partial charge in [-0.05, 0) is 79.9 Å². The number of nitrogens with zero attached hydrogens (tertiary/aromatic N) is 1. The average molecular weight is 548 g/mol. The molecule has 0 radical (unpaired) electrons. The van der Waals surface area contributed by atoms with Crippen molar-refractivity contribution in [3.8, 4) is 11.5 Å². The maximum atomic E-state index is 13.3. The van der Waals surface area contributed by atoms with E-state index in [-0.39, 0.29) is 35.3 Å². The SMILES string of the molecule is CCOc1cc(/C=C2\C(=O)NC(=O)N(c3cc(C)cc(C)c3)C2=O)cc(Cl)c1OCC(=O)Nc1ccccc1. The van der Waals surface area contributed by atoms with Crippen molar-refractivity contribution in [2.75, 3.05) is 23.4 Å². The number of barbiturate groups is 1. The second-order valence-corrected chi connectivity index (χ2v) is 9.18. The first-order chi connectivity index (χ1) is 18.7. The lowest BCUT2D eigenvalue weighted by molar-refractivity contribution is -0.122. The molecule has 1 aliphatic heterocycles. The molecule has 200 valence electrons. The molecule has 2 N–H and O–H groups in total. The molecule has 1 saturated heterocycles. The van der Waals surface area contributed by atoms with Crippen molar-refractivity contribution in [1.29, 1.82) is 0 Å². The van der Waals surface area contributed by atoms with Crippen molar-refractivity contribution in [3.63, 3.8) is 0 Å². The highest BCUT2D eigenvalue weighted by Crippen LogP contribution is 2.37. The number of urea groups is 1. The van der Waals surface area contributed by atoms with E-state index in [4.69, 9.17) is 21.1 Å². The zero-order valence-corrected chi connectivity index (χ0v) is 22.3. The van der Waals surface area contributed by atoms with Gasteiger partial charge in [0.25, 0.3) is 17.7 Å². The number of benzene rings is 3. The number of hydrogen-bond acceptors (Lipinski definition) is 6. The van der Waals surface area contributed by atoms with E-state index in [1.807, 2.05) is 26.0 Å². The fraction of sp³-hybridized carbons (Fsp3) is 0.172. The van der Waals surface area contributed by atoms with Crippen LogP contribution in [0, 0.1) is 13.8 Å². The molecule has 5 amide bonds. The number of rotatable bonds is 8. The number of nitrogens with one attached hydrogen (secondary N) is 2. The number of imide groups is 2. The minimum atomic E-state index is -0.836. The van der Waals surface area contributed by atoms with Gasteiger partial charge in [0.15, 0.2) is 18.1 Å². The smallest absolute Gasteiger partial charge is 0.335 e. The first-order valence-corrected chi connectivity index (χ1v) is 12.5. The molecule has 3 aromatic carbocycles. The second kappa shape index (κ2) is 11.8. The van der Waals surface area contributed by atoms with Gasteiger partial charge >= 0.3 is 6.03 Å². The topological polar surface area (TPSA) is 114 Å². The molecule has 9 nitrogen and oxygen atoms in total. The Balaban J connectivity index is 1.60. The Morgan fingerprint density at radius 3 is 2.36 bits per heavy atom. The normalized spacial score (nSPS) is 14.3. The molecule has 0 saturated carbocycles. The van der Waals surface area contributed by atoms with Crippen molar-refractivity contribution in [1.82, 2.24) is 5.32 Å². The summed E-state index contributed by atoms with van der Waals surface area (Å²) in [6.07, 6.45) is 1.32. The van der Waals surface area contributed by atoms with Crippen LogP contribution in [0.5, 0.6) is 11.5 Å². The van der Waals surface area contributed by atoms with Crippen LogP contribution in [-0.4, -0.2) is 37.0 Å². The third kappa shape index (κ3) is 6.45. The van der Waals surface area contributed by atoms with Gasteiger partial charge in [-0.2, -0.15) is 0 Å². The van der Waals surface area contributed by atoms with E-state index >= 15 is 0 Å². The number of para-hydroxylation sites is 1. The molecule has 0 atom stereocenters. The van der Waals surface area contributed by atoms with Gasteiger partial charge in [-0.1, -0.05) is 35.9 Å². The standard InChI is InChI=1S/C29H26ClN3O6/c1-4-38-24-15-19(14-23(30)26(24)39-16-25(34)31-20-8-6-5-7-9-20)13-22-27(35)32-29(37)33(28(22)36)21-11-17(2)10-18(3)12-21/h5-15H,4,16H2,1-3H3,(H,31,34)(H,32,35,37)/b22-13+. The first-order valence-electron chi connectivity index (χ1n) is 12.1. The van der Waals surface area contributed by atoms with Gasteiger partial charge < -0.3 is 14.8 Å². The largest absolute Gasteiger partial charge is 0.490 e. The zero-order valence-electron chi connectivity index (χ0n) is 21.5. The lowest BCUT2D eigenvalue weighted by Gasteiger charge is -2.27. The van der Waals surface area contributed by atoms with Crippen molar-refractivity contribution in [2.24, 2.45) is 0 Å². The molecule has 3 aromatic rings. The van der Waals surface area contributed by atoms with Crippen LogP contribution in [0.3, 0.4) is 0 Å². The summed E-state index contributed by atoms with van der Waals surface area (Å²) in [7, 11) is 0. The van der Waals surface area contributed by atoms with Crippen LogP contribution < -0.4 is 25.0 Å². The van der Waals surface area contributed by atoms with E-state index in [2.05, 4.69) is 10.6 Å². The van der Waals surface area contributed by atoms with Crippen LogP contribution >= 0.6 is 11.6 Å². The van der Waals surface area contributed by atoms with Crippen LogP contribution in [-0.2, 0) is 14.4 Å². The number of aryl methyl sites for hydroxylation is 2. The maximum Gasteiger partial charge on any atom is 0.335 e. The van der Waals surface area contributed by atoms with E-state index < -0.39 is 23.8 Å². The van der Waals surface area contributed by atoms with Gasteiger partial charge in [-0.15, -0.1) is 0 Å². The number of amides is 5. The highest BCUT2D eigenvalue weighted by atomic mass is 35.5. The highest BCUT2D eigenvalue weighted by molar-refractivity contribution is 6.39. The highest BCUT2D eigenvalue weighted by Gasteiger charge is 2.37. The summed E-state index contributed by atoms with van der Waals surface area (Å²) in [5, 5.41) is 5.03. The molecular weight excluding hydrogens is 522 g/mol. The molecule has 0 spiro atoms. The van der Waals surface area contributed by atoms with Gasteiger partial charge in [-0.3, -0.25) is 19.7 Å². The van der Waals surface area contributed by atoms with Crippen molar-refractivity contribution >= 4 is 52.8 Å². The van der Waals surface area contributed by atoms with Gasteiger partial charge in [0.05, 0.1) is 17.3 Å². The molecule has 4 rings (SSSR count). The van der Waals surface area contributed by atoms with E-state index in [0.717, 1.165) is 16.0 Å². The Labute approximate surface area is 230 Å². The number of ether oxygens (including phenoxy) is 2. The summed E-state index contributed by atoms with van der Waals surface area (Å²) in [4.78, 5) is 51.8. The molecule has 39 heavy (non-hydrogen) atoms. The quantitative estimate of drug-likeness (QED) is 0.302. The second-order valence-electron chi connectivity index (χ2n) is 8.77. The Morgan fingerprint density at radius 1 is 1.00 bits per heavy atom. The summed E-state index contributed by atoms with van der Waals surface area (Å²) in [5.74, 6) is -1.66. The maximum absolute atomic E-state index is 13.3. The number of carbonyl (C=O) groups excluding carboxylic acids is 4. The molecule has 10 heteroatoms. The summed E-state index contributed by atoms with van der Waals surface area (Å²) in [5.41, 5.74) is 2.77. The average Bonchev–Trinajstić information content (AvgIpc) is 2.86. The minimum Gasteiger partial charge on any atom is -0.490 e. The van der Waals surface area contributed by atoms with Crippen molar-refractivity contribution < 1.29 is 28.7 Å². The summed E-state index contributed by atoms with van der Waals surface area (Å²) >= 11 is 6.47. The van der Waals surface area contributed by atoms with Crippen LogP contribution in [0.15, 0.2) is 66.2 Å². The number of anilines is 2. The first kappa shape index (κ1) is 27.4. The molecule has 1 aliphatic rings. The summed E-state index contributed by atoms with van der Waals surface area (Å²) < 4.78 is 11.3. The van der Waals surface area contributed by atoms with E-state index in [0.29, 0.717) is 16.9 Å². The van der Waals surface area contributed by atoms with Crippen LogP contribution in [0.2, 0.25) is 5.02 Å². The van der Waals surface area contributed by atoms with Gasteiger partial charge in [-0.25, -0.2) is 9.69 Å². The molecule has 1 heterocycles. The molecular formula is C29H26ClN3O6. The molecule has 0 bridgehead atoms. The van der Waals surface area contributed by atoms with E-state index in [1.54, 1.807) is 43.3 Å². The van der Waals surface area contributed by atoms with Crippen LogP contribution in [0.1, 0.15) is 23.6 Å². The predicted octanol–water partition coefficient (Wildman–Crippen LogP) is 5.04. The zero-order chi connectivity index (χ0) is 28.1. The monoisotopic (exact) mass is 547 g/mol. The Kier molecular flexibility index (Phi) is 8.31. The van der Waals surface area contributed by atoms with E-state index in [9.17, 15) is 19.2 Å². The summed E-state index contributed by atoms with van der Waals surface area (Å²) in [6.45, 7) is 5.38. The Bertz CT molecular complexity index is 1470. The predicted molar refractivity (Wildman–Crippen MR) is 148 cm³/mol.